The van der Waals surface area contributed by atoms with E-state index in [9.17, 15) is 14.4 Å². The van der Waals surface area contributed by atoms with Crippen LogP contribution in [-0.2, 0) is 28.6 Å². The van der Waals surface area contributed by atoms with Crippen molar-refractivity contribution in [2.24, 2.45) is 0 Å². The standard InChI is InChI=1S/C40H52O10/c1-25-20-27(16-18-30(25)45-22-33(41)48-38(3,4)5)36(28-17-19-31(26(2)21-28)46-23-34(42)49-39(6,7)8)29-14-13-15-32(44-12)37(29)47-24-35(43)50-40(9,10)11/h13-21,36H,22-24H2,1-12H3. The zero-order valence-corrected chi connectivity index (χ0v) is 31.5. The monoisotopic (exact) mass is 692 g/mol. The van der Waals surface area contributed by atoms with Gasteiger partial charge in [0.2, 0.25) is 0 Å². The molecule has 0 radical (unpaired) electrons. The lowest BCUT2D eigenvalue weighted by Gasteiger charge is -2.25. The van der Waals surface area contributed by atoms with Crippen molar-refractivity contribution < 1.29 is 47.5 Å². The average Bonchev–Trinajstić information content (AvgIpc) is 2.97. The fourth-order valence-corrected chi connectivity index (χ4v) is 5.17. The Morgan fingerprint density at radius 1 is 0.560 bits per heavy atom. The lowest BCUT2D eigenvalue weighted by atomic mass is 9.83. The van der Waals surface area contributed by atoms with E-state index in [0.717, 1.165) is 27.8 Å². The van der Waals surface area contributed by atoms with E-state index in [-0.39, 0.29) is 19.8 Å². The van der Waals surface area contributed by atoms with Crippen LogP contribution in [0.1, 0.15) is 96.0 Å². The number of carbonyl (C=O) groups excluding carboxylic acids is 3. The van der Waals surface area contributed by atoms with Gasteiger partial charge < -0.3 is 33.2 Å². The third kappa shape index (κ3) is 12.3. The molecule has 0 aliphatic carbocycles. The molecule has 0 fully saturated rings. The Morgan fingerprint density at radius 3 is 1.32 bits per heavy atom. The molecule has 0 saturated carbocycles. The van der Waals surface area contributed by atoms with Crippen LogP contribution in [0.15, 0.2) is 54.6 Å². The van der Waals surface area contributed by atoms with E-state index in [4.69, 9.17) is 33.2 Å². The van der Waals surface area contributed by atoms with Gasteiger partial charge in [-0.15, -0.1) is 0 Å². The molecule has 0 aromatic heterocycles. The zero-order chi connectivity index (χ0) is 37.4. The topological polar surface area (TPSA) is 116 Å². The van der Waals surface area contributed by atoms with Crippen LogP contribution in [0.3, 0.4) is 0 Å². The van der Waals surface area contributed by atoms with Crippen molar-refractivity contribution in [2.75, 3.05) is 26.9 Å². The minimum atomic E-state index is -0.678. The van der Waals surface area contributed by atoms with Crippen LogP contribution < -0.4 is 18.9 Å². The molecule has 272 valence electrons. The molecule has 0 aliphatic heterocycles. The van der Waals surface area contributed by atoms with E-state index < -0.39 is 40.6 Å². The van der Waals surface area contributed by atoms with Gasteiger partial charge in [0.05, 0.1) is 7.11 Å². The van der Waals surface area contributed by atoms with Gasteiger partial charge in [-0.1, -0.05) is 36.4 Å². The molecule has 0 N–H and O–H groups in total. The summed E-state index contributed by atoms with van der Waals surface area (Å²) in [6.07, 6.45) is 0. The highest BCUT2D eigenvalue weighted by atomic mass is 16.6. The number of aryl methyl sites for hydroxylation is 2. The van der Waals surface area contributed by atoms with Gasteiger partial charge in [-0.3, -0.25) is 0 Å². The second-order valence-corrected chi connectivity index (χ2v) is 15.0. The molecule has 0 bridgehead atoms. The van der Waals surface area contributed by atoms with Crippen molar-refractivity contribution in [3.8, 4) is 23.0 Å². The average molecular weight is 693 g/mol. The Labute approximate surface area is 296 Å². The van der Waals surface area contributed by atoms with Crippen molar-refractivity contribution in [2.45, 2.75) is 98.9 Å². The first-order valence-electron chi connectivity index (χ1n) is 16.6. The van der Waals surface area contributed by atoms with Gasteiger partial charge in [0, 0.05) is 11.5 Å². The van der Waals surface area contributed by atoms with Gasteiger partial charge >= 0.3 is 17.9 Å². The van der Waals surface area contributed by atoms with E-state index in [1.165, 1.54) is 7.11 Å². The Hall–Kier alpha value is -4.73. The number of para-hydroxylation sites is 1. The van der Waals surface area contributed by atoms with Gasteiger partial charge in [-0.2, -0.15) is 0 Å². The molecule has 3 aromatic rings. The highest BCUT2D eigenvalue weighted by Crippen LogP contribution is 2.43. The third-order valence-corrected chi connectivity index (χ3v) is 6.89. The lowest BCUT2D eigenvalue weighted by Crippen LogP contribution is -2.27. The maximum Gasteiger partial charge on any atom is 0.344 e. The third-order valence-electron chi connectivity index (χ3n) is 6.89. The van der Waals surface area contributed by atoms with Crippen molar-refractivity contribution in [3.05, 3.63) is 82.4 Å². The summed E-state index contributed by atoms with van der Waals surface area (Å²) in [5.41, 5.74) is 2.16. The van der Waals surface area contributed by atoms with Gasteiger partial charge in [-0.25, -0.2) is 14.4 Å². The predicted octanol–water partition coefficient (Wildman–Crippen LogP) is 7.65. The van der Waals surface area contributed by atoms with Crippen molar-refractivity contribution >= 4 is 17.9 Å². The summed E-state index contributed by atoms with van der Waals surface area (Å²) in [5, 5.41) is 0. The van der Waals surface area contributed by atoms with Gasteiger partial charge in [-0.05, 0) is 117 Å². The van der Waals surface area contributed by atoms with E-state index in [2.05, 4.69) is 0 Å². The van der Waals surface area contributed by atoms with Crippen LogP contribution in [0.4, 0.5) is 0 Å². The molecule has 0 amide bonds. The highest BCUT2D eigenvalue weighted by Gasteiger charge is 2.27. The summed E-state index contributed by atoms with van der Waals surface area (Å²) >= 11 is 0. The second-order valence-electron chi connectivity index (χ2n) is 15.0. The van der Waals surface area contributed by atoms with Gasteiger partial charge in [0.1, 0.15) is 28.3 Å². The fourth-order valence-electron chi connectivity index (χ4n) is 5.17. The van der Waals surface area contributed by atoms with Crippen LogP contribution in [0.25, 0.3) is 0 Å². The first-order chi connectivity index (χ1) is 23.2. The summed E-state index contributed by atoms with van der Waals surface area (Å²) in [7, 11) is 1.54. The van der Waals surface area contributed by atoms with E-state index >= 15 is 0 Å². The molecular formula is C40H52O10. The molecule has 0 spiro atoms. The first-order valence-corrected chi connectivity index (χ1v) is 16.6. The Morgan fingerprint density at radius 2 is 0.960 bits per heavy atom. The minimum absolute atomic E-state index is 0.233. The smallest absolute Gasteiger partial charge is 0.344 e. The molecule has 3 aromatic carbocycles. The SMILES string of the molecule is COc1cccc(C(c2ccc(OCC(=O)OC(C)(C)C)c(C)c2)c2ccc(OCC(=O)OC(C)(C)C)c(C)c2)c1OCC(=O)OC(C)(C)C. The van der Waals surface area contributed by atoms with Crippen LogP contribution in [-0.4, -0.2) is 61.6 Å². The number of hydrogen-bond donors (Lipinski definition) is 0. The Bertz CT molecular complexity index is 1570. The molecule has 50 heavy (non-hydrogen) atoms. The summed E-state index contributed by atoms with van der Waals surface area (Å²) < 4.78 is 39.8. The quantitative estimate of drug-likeness (QED) is 0.100. The zero-order valence-electron chi connectivity index (χ0n) is 31.5. The second kappa shape index (κ2) is 16.3. The van der Waals surface area contributed by atoms with Crippen LogP contribution >= 0.6 is 0 Å². The molecule has 0 unspecified atom stereocenters. The van der Waals surface area contributed by atoms with E-state index in [1.54, 1.807) is 68.4 Å². The van der Waals surface area contributed by atoms with Crippen molar-refractivity contribution in [1.29, 1.82) is 0 Å². The first kappa shape index (κ1) is 39.7. The van der Waals surface area contributed by atoms with Gasteiger partial charge in [0.25, 0.3) is 0 Å². The summed E-state index contributed by atoms with van der Waals surface area (Å²) in [6.45, 7) is 19.2. The Kier molecular flexibility index (Phi) is 13.0. The van der Waals surface area contributed by atoms with Crippen molar-refractivity contribution in [1.82, 2.24) is 0 Å². The molecule has 10 heteroatoms. The molecule has 0 saturated heterocycles. The van der Waals surface area contributed by atoms with Crippen molar-refractivity contribution in [3.63, 3.8) is 0 Å². The molecule has 0 atom stereocenters. The molecular weight excluding hydrogens is 640 g/mol. The van der Waals surface area contributed by atoms with E-state index in [1.807, 2.05) is 62.4 Å². The maximum atomic E-state index is 12.7. The molecule has 3 rings (SSSR count). The number of ether oxygens (including phenoxy) is 7. The maximum absolute atomic E-state index is 12.7. The lowest BCUT2D eigenvalue weighted by molar-refractivity contribution is -0.158. The Balaban J connectivity index is 2.06. The number of rotatable bonds is 13. The number of benzene rings is 3. The summed E-state index contributed by atoms with van der Waals surface area (Å²) in [6, 6.07) is 17.0. The normalized spacial score (nSPS) is 11.9. The molecule has 0 heterocycles. The molecule has 10 nitrogen and oxygen atoms in total. The minimum Gasteiger partial charge on any atom is -0.493 e. The number of hydrogen-bond acceptors (Lipinski definition) is 10. The predicted molar refractivity (Wildman–Crippen MR) is 190 cm³/mol. The highest BCUT2D eigenvalue weighted by molar-refractivity contribution is 5.73. The fraction of sp³-hybridized carbons (Fsp3) is 0.475. The van der Waals surface area contributed by atoms with Gasteiger partial charge in [0.15, 0.2) is 31.3 Å². The summed E-state index contributed by atoms with van der Waals surface area (Å²) in [5.74, 6) is 0.0280. The van der Waals surface area contributed by atoms with E-state index in [0.29, 0.717) is 23.0 Å². The number of methoxy groups -OCH3 is 1. The van der Waals surface area contributed by atoms with Crippen LogP contribution in [0.5, 0.6) is 23.0 Å². The largest absolute Gasteiger partial charge is 0.493 e. The number of esters is 3. The van der Waals surface area contributed by atoms with Crippen LogP contribution in [0, 0.1) is 13.8 Å². The molecule has 0 aliphatic rings. The number of carbonyl (C=O) groups is 3. The van der Waals surface area contributed by atoms with Crippen LogP contribution in [0.2, 0.25) is 0 Å². The summed E-state index contributed by atoms with van der Waals surface area (Å²) in [4.78, 5) is 37.4.